The molecule has 1 aromatic carbocycles. The largest absolute Gasteiger partial charge is 0.427 e. The van der Waals surface area contributed by atoms with Crippen LogP contribution in [0.2, 0.25) is 0 Å². The first-order valence-corrected chi connectivity index (χ1v) is 7.78. The minimum absolute atomic E-state index is 0.195. The predicted octanol–water partition coefficient (Wildman–Crippen LogP) is 2.12. The Hall–Kier alpha value is -3.22. The Morgan fingerprint density at radius 2 is 2.00 bits per heavy atom. The highest BCUT2D eigenvalue weighted by Gasteiger charge is 2.32. The maximum absolute atomic E-state index is 12.5. The number of oxime groups is 1. The van der Waals surface area contributed by atoms with Crippen LogP contribution in [0, 0.1) is 0 Å². The van der Waals surface area contributed by atoms with Crippen molar-refractivity contribution in [3.05, 3.63) is 59.9 Å². The van der Waals surface area contributed by atoms with Crippen molar-refractivity contribution in [1.82, 2.24) is 9.88 Å². The Morgan fingerprint density at radius 1 is 1.24 bits per heavy atom. The highest BCUT2D eigenvalue weighted by Crippen LogP contribution is 2.19. The first-order chi connectivity index (χ1) is 12.0. The van der Waals surface area contributed by atoms with Gasteiger partial charge in [0.2, 0.25) is 11.9 Å². The number of hydrogen-bond acceptors (Lipinski definition) is 6. The lowest BCUT2D eigenvalue weighted by Crippen LogP contribution is -2.46. The number of esters is 1. The fraction of sp³-hybridized carbons (Fsp3) is 0.222. The molecule has 1 aliphatic rings. The van der Waals surface area contributed by atoms with Gasteiger partial charge in [-0.15, -0.1) is 0 Å². The van der Waals surface area contributed by atoms with E-state index in [4.69, 9.17) is 9.57 Å². The summed E-state index contributed by atoms with van der Waals surface area (Å²) in [4.78, 5) is 34.5. The molecule has 2 heterocycles. The fourth-order valence-electron chi connectivity index (χ4n) is 2.39. The van der Waals surface area contributed by atoms with Gasteiger partial charge in [0, 0.05) is 13.1 Å². The highest BCUT2D eigenvalue weighted by atomic mass is 16.6. The molecule has 0 aliphatic carbocycles. The SMILES string of the molecule is CC(=O)Oc1ccc(CN2C(=O)C(C)ON=C2c2ccccn2)cc1. The first-order valence-electron chi connectivity index (χ1n) is 7.78. The van der Waals surface area contributed by atoms with Gasteiger partial charge in [0.1, 0.15) is 11.4 Å². The molecule has 3 rings (SSSR count). The number of benzene rings is 1. The topological polar surface area (TPSA) is 81.1 Å². The van der Waals surface area contributed by atoms with Crippen molar-refractivity contribution < 1.29 is 19.2 Å². The van der Waals surface area contributed by atoms with Crippen LogP contribution in [0.1, 0.15) is 25.1 Å². The van der Waals surface area contributed by atoms with E-state index < -0.39 is 6.10 Å². The van der Waals surface area contributed by atoms with Crippen LogP contribution < -0.4 is 4.74 Å². The Morgan fingerprint density at radius 3 is 2.64 bits per heavy atom. The third-order valence-electron chi connectivity index (χ3n) is 3.59. The summed E-state index contributed by atoms with van der Waals surface area (Å²) in [6, 6.07) is 12.3. The van der Waals surface area contributed by atoms with Gasteiger partial charge < -0.3 is 9.57 Å². The average Bonchev–Trinajstić information content (AvgIpc) is 2.61. The zero-order valence-electron chi connectivity index (χ0n) is 13.9. The number of hydrogen-bond donors (Lipinski definition) is 0. The molecule has 1 unspecified atom stereocenters. The number of amides is 1. The minimum Gasteiger partial charge on any atom is -0.427 e. The molecule has 2 aromatic rings. The zero-order chi connectivity index (χ0) is 17.8. The molecule has 0 spiro atoms. The quantitative estimate of drug-likeness (QED) is 0.629. The lowest BCUT2D eigenvalue weighted by atomic mass is 10.1. The molecule has 0 bridgehead atoms. The summed E-state index contributed by atoms with van der Waals surface area (Å²) in [5, 5.41) is 4.06. The molecule has 0 fully saturated rings. The number of pyridine rings is 1. The van der Waals surface area contributed by atoms with Gasteiger partial charge in [-0.05, 0) is 36.8 Å². The molecule has 0 radical (unpaired) electrons. The lowest BCUT2D eigenvalue weighted by Gasteiger charge is -2.29. The van der Waals surface area contributed by atoms with Gasteiger partial charge >= 0.3 is 5.97 Å². The molecule has 0 saturated carbocycles. The Bertz CT molecular complexity index is 803. The van der Waals surface area contributed by atoms with E-state index in [1.807, 2.05) is 6.07 Å². The number of carbonyl (C=O) groups excluding carboxylic acids is 2. The second kappa shape index (κ2) is 7.12. The molecule has 0 N–H and O–H groups in total. The van der Waals surface area contributed by atoms with Crippen molar-refractivity contribution in [2.24, 2.45) is 5.16 Å². The van der Waals surface area contributed by atoms with Crippen LogP contribution in [-0.4, -0.2) is 33.7 Å². The van der Waals surface area contributed by atoms with E-state index in [0.29, 0.717) is 23.8 Å². The molecule has 25 heavy (non-hydrogen) atoms. The van der Waals surface area contributed by atoms with Crippen molar-refractivity contribution in [2.75, 3.05) is 0 Å². The summed E-state index contributed by atoms with van der Waals surface area (Å²) in [5.74, 6) is 0.249. The summed E-state index contributed by atoms with van der Waals surface area (Å²) in [7, 11) is 0. The van der Waals surface area contributed by atoms with Gasteiger partial charge in [0.15, 0.2) is 0 Å². The maximum Gasteiger partial charge on any atom is 0.308 e. The summed E-state index contributed by atoms with van der Waals surface area (Å²) in [5.41, 5.74) is 1.42. The number of ether oxygens (including phenoxy) is 1. The number of aromatic nitrogens is 1. The van der Waals surface area contributed by atoms with Crippen molar-refractivity contribution in [3.8, 4) is 5.75 Å². The average molecular weight is 339 g/mol. The van der Waals surface area contributed by atoms with Crippen LogP contribution in [0.15, 0.2) is 53.8 Å². The third-order valence-corrected chi connectivity index (χ3v) is 3.59. The summed E-state index contributed by atoms with van der Waals surface area (Å²) in [6.07, 6.45) is 0.972. The Balaban J connectivity index is 1.84. The van der Waals surface area contributed by atoms with Gasteiger partial charge in [0.05, 0.1) is 6.54 Å². The molecular formula is C18H17N3O4. The molecule has 128 valence electrons. The molecule has 7 heteroatoms. The van der Waals surface area contributed by atoms with E-state index >= 15 is 0 Å². The van der Waals surface area contributed by atoms with Crippen molar-refractivity contribution in [2.45, 2.75) is 26.5 Å². The molecule has 1 aromatic heterocycles. The van der Waals surface area contributed by atoms with E-state index in [-0.39, 0.29) is 11.9 Å². The number of amidine groups is 1. The van der Waals surface area contributed by atoms with E-state index in [2.05, 4.69) is 10.1 Å². The highest BCUT2D eigenvalue weighted by molar-refractivity contribution is 6.08. The van der Waals surface area contributed by atoms with Crippen LogP contribution >= 0.6 is 0 Å². The van der Waals surface area contributed by atoms with Crippen LogP contribution in [0.25, 0.3) is 0 Å². The Kier molecular flexibility index (Phi) is 4.74. The lowest BCUT2D eigenvalue weighted by molar-refractivity contribution is -0.142. The van der Waals surface area contributed by atoms with Crippen LogP contribution in [-0.2, 0) is 21.0 Å². The minimum atomic E-state index is -0.659. The summed E-state index contributed by atoms with van der Waals surface area (Å²) < 4.78 is 5.01. The maximum atomic E-state index is 12.5. The van der Waals surface area contributed by atoms with Gasteiger partial charge in [-0.2, -0.15) is 0 Å². The van der Waals surface area contributed by atoms with E-state index in [0.717, 1.165) is 5.56 Å². The summed E-state index contributed by atoms with van der Waals surface area (Å²) in [6.45, 7) is 3.30. The molecular weight excluding hydrogens is 322 g/mol. The smallest absolute Gasteiger partial charge is 0.308 e. The fourth-order valence-corrected chi connectivity index (χ4v) is 2.39. The first kappa shape index (κ1) is 16.6. The normalized spacial score (nSPS) is 16.9. The van der Waals surface area contributed by atoms with E-state index in [1.54, 1.807) is 49.5 Å². The number of nitrogens with zero attached hydrogens (tertiary/aromatic N) is 3. The van der Waals surface area contributed by atoms with Gasteiger partial charge in [-0.25, -0.2) is 0 Å². The molecule has 1 amide bonds. The van der Waals surface area contributed by atoms with Crippen molar-refractivity contribution >= 4 is 17.7 Å². The summed E-state index contributed by atoms with van der Waals surface area (Å²) >= 11 is 0. The van der Waals surface area contributed by atoms with Crippen LogP contribution in [0.5, 0.6) is 5.75 Å². The standard InChI is InChI=1S/C18H17N3O4/c1-12-18(23)21(17(20-25-12)16-5-3-4-10-19-16)11-14-6-8-15(9-7-14)24-13(2)22/h3-10,12H,11H2,1-2H3. The van der Waals surface area contributed by atoms with Gasteiger partial charge in [0.25, 0.3) is 5.91 Å². The monoisotopic (exact) mass is 339 g/mol. The number of rotatable bonds is 4. The van der Waals surface area contributed by atoms with E-state index in [1.165, 1.54) is 11.8 Å². The number of carbonyl (C=O) groups is 2. The molecule has 0 saturated heterocycles. The third kappa shape index (κ3) is 3.82. The second-order valence-corrected chi connectivity index (χ2v) is 5.54. The predicted molar refractivity (Wildman–Crippen MR) is 89.6 cm³/mol. The van der Waals surface area contributed by atoms with Crippen LogP contribution in [0.4, 0.5) is 0 Å². The van der Waals surface area contributed by atoms with Crippen LogP contribution in [0.3, 0.4) is 0 Å². The van der Waals surface area contributed by atoms with E-state index in [9.17, 15) is 9.59 Å². The zero-order valence-corrected chi connectivity index (χ0v) is 13.9. The Labute approximate surface area is 144 Å². The second-order valence-electron chi connectivity index (χ2n) is 5.54. The van der Waals surface area contributed by atoms with Gasteiger partial charge in [-0.1, -0.05) is 23.4 Å². The van der Waals surface area contributed by atoms with Crippen molar-refractivity contribution in [3.63, 3.8) is 0 Å². The van der Waals surface area contributed by atoms with Crippen molar-refractivity contribution in [1.29, 1.82) is 0 Å². The molecule has 7 nitrogen and oxygen atoms in total. The molecule has 1 atom stereocenters. The molecule has 1 aliphatic heterocycles. The van der Waals surface area contributed by atoms with Gasteiger partial charge in [-0.3, -0.25) is 19.5 Å².